The van der Waals surface area contributed by atoms with Crippen molar-refractivity contribution in [1.82, 2.24) is 4.31 Å². The van der Waals surface area contributed by atoms with Crippen molar-refractivity contribution in [2.45, 2.75) is 45.6 Å². The van der Waals surface area contributed by atoms with Crippen LogP contribution in [0.5, 0.6) is 0 Å². The zero-order chi connectivity index (χ0) is 12.4. The number of nitrogens with zero attached hydrogens (tertiary/aromatic N) is 1. The second-order valence-electron chi connectivity index (χ2n) is 5.45. The topological polar surface area (TPSA) is 57.6 Å². The summed E-state index contributed by atoms with van der Waals surface area (Å²) in [5.41, 5.74) is -0.918. The molecule has 1 aliphatic rings. The van der Waals surface area contributed by atoms with Crippen molar-refractivity contribution in [2.24, 2.45) is 5.92 Å². The molecule has 1 unspecified atom stereocenters. The maximum Gasteiger partial charge on any atom is 0.214 e. The van der Waals surface area contributed by atoms with Crippen LogP contribution in [0, 0.1) is 5.92 Å². The summed E-state index contributed by atoms with van der Waals surface area (Å²) in [4.78, 5) is 0. The molecule has 0 aromatic carbocycles. The smallest absolute Gasteiger partial charge is 0.214 e. The van der Waals surface area contributed by atoms with E-state index in [0.29, 0.717) is 18.9 Å². The molecule has 1 heterocycles. The molecule has 1 fully saturated rings. The van der Waals surface area contributed by atoms with E-state index in [2.05, 4.69) is 0 Å². The molecular formula is C11H23NO3S. The lowest BCUT2D eigenvalue weighted by molar-refractivity contribution is 0.0202. The molecule has 0 aromatic rings. The molecule has 1 saturated heterocycles. The fraction of sp³-hybridized carbons (Fsp3) is 1.00. The number of β-amino-alcohol motifs (C(OH)–C–C–N with tert-alkyl or cyclic N) is 1. The molecule has 5 heteroatoms. The van der Waals surface area contributed by atoms with Crippen LogP contribution in [0.1, 0.15) is 40.0 Å². The predicted octanol–water partition coefficient (Wildman–Crippen LogP) is 1.21. The summed E-state index contributed by atoms with van der Waals surface area (Å²) in [5.74, 6) is 0.590. The average Bonchev–Trinajstić information content (AvgIpc) is 2.05. The van der Waals surface area contributed by atoms with Crippen LogP contribution in [-0.4, -0.2) is 42.3 Å². The van der Waals surface area contributed by atoms with Gasteiger partial charge in [0.05, 0.1) is 11.4 Å². The van der Waals surface area contributed by atoms with E-state index in [1.54, 1.807) is 6.92 Å². The summed E-state index contributed by atoms with van der Waals surface area (Å²) in [6, 6.07) is 0. The monoisotopic (exact) mass is 249 g/mol. The minimum absolute atomic E-state index is 0.227. The second kappa shape index (κ2) is 5.02. The molecule has 1 atom stereocenters. The molecular weight excluding hydrogens is 226 g/mol. The Bertz CT molecular complexity index is 322. The molecule has 1 N–H and O–H groups in total. The minimum atomic E-state index is -3.12. The summed E-state index contributed by atoms with van der Waals surface area (Å²) in [6.07, 6.45) is 2.27. The van der Waals surface area contributed by atoms with E-state index in [1.807, 2.05) is 13.8 Å². The van der Waals surface area contributed by atoms with Crippen molar-refractivity contribution in [2.75, 3.05) is 18.8 Å². The highest BCUT2D eigenvalue weighted by Gasteiger charge is 2.32. The number of rotatable bonds is 4. The van der Waals surface area contributed by atoms with Crippen molar-refractivity contribution in [3.8, 4) is 0 Å². The molecule has 0 radical (unpaired) electrons. The highest BCUT2D eigenvalue weighted by atomic mass is 32.2. The Labute approximate surface area is 98.7 Å². The van der Waals surface area contributed by atoms with Gasteiger partial charge in [0.1, 0.15) is 0 Å². The van der Waals surface area contributed by atoms with Gasteiger partial charge in [-0.3, -0.25) is 0 Å². The molecule has 1 rings (SSSR count). The van der Waals surface area contributed by atoms with Crippen LogP contribution in [-0.2, 0) is 10.0 Å². The van der Waals surface area contributed by atoms with Crippen molar-refractivity contribution in [3.63, 3.8) is 0 Å². The second-order valence-corrected chi connectivity index (χ2v) is 7.54. The van der Waals surface area contributed by atoms with Crippen LogP contribution in [0.4, 0.5) is 0 Å². The van der Waals surface area contributed by atoms with Crippen molar-refractivity contribution in [3.05, 3.63) is 0 Å². The maximum atomic E-state index is 11.8. The Kier molecular flexibility index (Phi) is 4.37. The fourth-order valence-electron chi connectivity index (χ4n) is 2.34. The number of hydrogen-bond acceptors (Lipinski definition) is 3. The molecule has 0 saturated carbocycles. The summed E-state index contributed by atoms with van der Waals surface area (Å²) < 4.78 is 25.0. The van der Waals surface area contributed by atoms with Gasteiger partial charge in [0, 0.05) is 13.1 Å². The first-order valence-electron chi connectivity index (χ1n) is 5.93. The van der Waals surface area contributed by atoms with E-state index >= 15 is 0 Å². The molecule has 0 spiro atoms. The third kappa shape index (κ3) is 4.03. The standard InChI is InChI=1S/C11H23NO3S/c1-10(2)8-11(3,13)9-12-6-4-5-7-16(12,14)15/h10,13H,4-9H2,1-3H3. The summed E-state index contributed by atoms with van der Waals surface area (Å²) in [6.45, 7) is 6.56. The normalized spacial score (nSPS) is 25.6. The molecule has 1 aliphatic heterocycles. The van der Waals surface area contributed by atoms with E-state index in [4.69, 9.17) is 0 Å². The van der Waals surface area contributed by atoms with Crippen LogP contribution < -0.4 is 0 Å². The molecule has 4 nitrogen and oxygen atoms in total. The largest absolute Gasteiger partial charge is 0.389 e. The van der Waals surface area contributed by atoms with Gasteiger partial charge >= 0.3 is 0 Å². The summed E-state index contributed by atoms with van der Waals surface area (Å²) >= 11 is 0. The van der Waals surface area contributed by atoms with Gasteiger partial charge in [0.25, 0.3) is 0 Å². The third-order valence-corrected chi connectivity index (χ3v) is 4.72. The van der Waals surface area contributed by atoms with Gasteiger partial charge in [-0.2, -0.15) is 4.31 Å². The minimum Gasteiger partial charge on any atom is -0.389 e. The molecule has 0 amide bonds. The van der Waals surface area contributed by atoms with E-state index in [1.165, 1.54) is 4.31 Å². The number of hydrogen-bond donors (Lipinski definition) is 1. The quantitative estimate of drug-likeness (QED) is 0.814. The lowest BCUT2D eigenvalue weighted by Gasteiger charge is -2.34. The van der Waals surface area contributed by atoms with E-state index < -0.39 is 15.6 Å². The van der Waals surface area contributed by atoms with Gasteiger partial charge in [-0.05, 0) is 32.1 Å². The SMILES string of the molecule is CC(C)CC(C)(O)CN1CCCCS1(=O)=O. The van der Waals surface area contributed by atoms with Crippen molar-refractivity contribution in [1.29, 1.82) is 0 Å². The molecule has 16 heavy (non-hydrogen) atoms. The Morgan fingerprint density at radius 1 is 1.38 bits per heavy atom. The number of sulfonamides is 1. The van der Waals surface area contributed by atoms with E-state index in [0.717, 1.165) is 12.8 Å². The Hall–Kier alpha value is -0.130. The Morgan fingerprint density at radius 2 is 2.00 bits per heavy atom. The van der Waals surface area contributed by atoms with Crippen molar-refractivity contribution >= 4 is 10.0 Å². The Morgan fingerprint density at radius 3 is 2.50 bits per heavy atom. The van der Waals surface area contributed by atoms with Crippen LogP contribution in [0.25, 0.3) is 0 Å². The van der Waals surface area contributed by atoms with Gasteiger partial charge < -0.3 is 5.11 Å². The van der Waals surface area contributed by atoms with E-state index in [9.17, 15) is 13.5 Å². The first-order chi connectivity index (χ1) is 7.23. The molecule has 0 aliphatic carbocycles. The lowest BCUT2D eigenvalue weighted by Crippen LogP contribution is -2.47. The average molecular weight is 249 g/mol. The highest BCUT2D eigenvalue weighted by Crippen LogP contribution is 2.22. The van der Waals surface area contributed by atoms with Gasteiger partial charge in [0.2, 0.25) is 10.0 Å². The molecule has 0 bridgehead atoms. The highest BCUT2D eigenvalue weighted by molar-refractivity contribution is 7.89. The number of aliphatic hydroxyl groups is 1. The van der Waals surface area contributed by atoms with Crippen LogP contribution in [0.2, 0.25) is 0 Å². The first-order valence-corrected chi connectivity index (χ1v) is 7.54. The zero-order valence-electron chi connectivity index (χ0n) is 10.4. The zero-order valence-corrected chi connectivity index (χ0v) is 11.3. The molecule has 0 aromatic heterocycles. The van der Waals surface area contributed by atoms with E-state index in [-0.39, 0.29) is 12.3 Å². The first kappa shape index (κ1) is 13.9. The maximum absolute atomic E-state index is 11.8. The fourth-order valence-corrected chi connectivity index (χ4v) is 4.05. The summed E-state index contributed by atoms with van der Waals surface area (Å²) in [5, 5.41) is 10.2. The van der Waals surface area contributed by atoms with Gasteiger partial charge in [0.15, 0.2) is 0 Å². The van der Waals surface area contributed by atoms with Gasteiger partial charge in [-0.1, -0.05) is 13.8 Å². The van der Waals surface area contributed by atoms with Crippen molar-refractivity contribution < 1.29 is 13.5 Å². The van der Waals surface area contributed by atoms with Crippen LogP contribution in [0.3, 0.4) is 0 Å². The van der Waals surface area contributed by atoms with Crippen LogP contribution in [0.15, 0.2) is 0 Å². The van der Waals surface area contributed by atoms with Gasteiger partial charge in [-0.15, -0.1) is 0 Å². The van der Waals surface area contributed by atoms with Gasteiger partial charge in [-0.25, -0.2) is 8.42 Å². The summed E-state index contributed by atoms with van der Waals surface area (Å²) in [7, 11) is -3.12. The third-order valence-electron chi connectivity index (χ3n) is 2.82. The Balaban J connectivity index is 2.65. The van der Waals surface area contributed by atoms with Crippen LogP contribution >= 0.6 is 0 Å². The molecule has 96 valence electrons. The predicted molar refractivity (Wildman–Crippen MR) is 64.7 cm³/mol. The lowest BCUT2D eigenvalue weighted by atomic mass is 9.94.